The van der Waals surface area contributed by atoms with Gasteiger partial charge in [-0.15, -0.1) is 0 Å². The summed E-state index contributed by atoms with van der Waals surface area (Å²) in [6.07, 6.45) is 10.0. The zero-order chi connectivity index (χ0) is 11.5. The van der Waals surface area contributed by atoms with Gasteiger partial charge >= 0.3 is 5.97 Å². The SMILES string of the molecule is C=C(/C=C\C)CCCCCCC(=O)OC. The maximum atomic E-state index is 10.8. The van der Waals surface area contributed by atoms with Gasteiger partial charge in [-0.25, -0.2) is 0 Å². The molecule has 0 aliphatic rings. The Labute approximate surface area is 93.0 Å². The zero-order valence-electron chi connectivity index (χ0n) is 9.92. The van der Waals surface area contributed by atoms with E-state index in [0.717, 1.165) is 32.1 Å². The Balaban J connectivity index is 3.25. The first-order valence-electron chi connectivity index (χ1n) is 5.58. The Morgan fingerprint density at radius 1 is 1.20 bits per heavy atom. The Hall–Kier alpha value is -1.05. The van der Waals surface area contributed by atoms with Crippen molar-refractivity contribution in [1.82, 2.24) is 0 Å². The van der Waals surface area contributed by atoms with Crippen LogP contribution in [0.2, 0.25) is 0 Å². The summed E-state index contributed by atoms with van der Waals surface area (Å²) in [6.45, 7) is 5.94. The van der Waals surface area contributed by atoms with Crippen molar-refractivity contribution < 1.29 is 9.53 Å². The fraction of sp³-hybridized carbons (Fsp3) is 0.615. The second-order valence-electron chi connectivity index (χ2n) is 3.65. The second-order valence-corrected chi connectivity index (χ2v) is 3.65. The molecule has 0 aliphatic carbocycles. The molecule has 0 saturated carbocycles. The Bertz CT molecular complexity index is 217. The van der Waals surface area contributed by atoms with Gasteiger partial charge in [0.15, 0.2) is 0 Å². The number of allylic oxidation sites excluding steroid dienone is 3. The molecule has 2 nitrogen and oxygen atoms in total. The van der Waals surface area contributed by atoms with Crippen LogP contribution in [0.3, 0.4) is 0 Å². The molecule has 15 heavy (non-hydrogen) atoms. The number of esters is 1. The second kappa shape index (κ2) is 9.50. The van der Waals surface area contributed by atoms with Gasteiger partial charge in [0.2, 0.25) is 0 Å². The molecule has 0 fully saturated rings. The van der Waals surface area contributed by atoms with Crippen LogP contribution in [0.25, 0.3) is 0 Å². The molecule has 0 radical (unpaired) electrons. The minimum absolute atomic E-state index is 0.103. The third-order valence-electron chi connectivity index (χ3n) is 2.26. The van der Waals surface area contributed by atoms with E-state index in [1.165, 1.54) is 12.7 Å². The zero-order valence-corrected chi connectivity index (χ0v) is 9.92. The lowest BCUT2D eigenvalue weighted by Crippen LogP contribution is -1.99. The lowest BCUT2D eigenvalue weighted by atomic mass is 10.1. The maximum absolute atomic E-state index is 10.8. The first-order chi connectivity index (χ1) is 7.20. The van der Waals surface area contributed by atoms with Crippen molar-refractivity contribution in [3.63, 3.8) is 0 Å². The fourth-order valence-corrected chi connectivity index (χ4v) is 1.40. The number of unbranched alkanes of at least 4 members (excludes halogenated alkanes) is 3. The summed E-state index contributed by atoms with van der Waals surface area (Å²) in [6, 6.07) is 0. The van der Waals surface area contributed by atoms with E-state index in [1.54, 1.807) is 0 Å². The average molecular weight is 210 g/mol. The fourth-order valence-electron chi connectivity index (χ4n) is 1.40. The highest BCUT2D eigenvalue weighted by Crippen LogP contribution is 2.10. The third kappa shape index (κ3) is 9.26. The lowest BCUT2D eigenvalue weighted by molar-refractivity contribution is -0.140. The number of ether oxygens (including phenoxy) is 1. The summed E-state index contributed by atoms with van der Waals surface area (Å²) in [4.78, 5) is 10.8. The minimum Gasteiger partial charge on any atom is -0.469 e. The molecule has 0 aromatic carbocycles. The molecule has 0 atom stereocenters. The molecule has 0 saturated heterocycles. The third-order valence-corrected chi connectivity index (χ3v) is 2.26. The first-order valence-corrected chi connectivity index (χ1v) is 5.58. The number of hydrogen-bond donors (Lipinski definition) is 0. The summed E-state index contributed by atoms with van der Waals surface area (Å²) in [7, 11) is 1.43. The van der Waals surface area contributed by atoms with Gasteiger partial charge < -0.3 is 4.74 Å². The standard InChI is InChI=1S/C13H22O2/c1-4-9-12(2)10-7-5-6-8-11-13(14)15-3/h4,9H,2,5-8,10-11H2,1,3H3/b9-4-. The molecule has 0 aromatic rings. The van der Waals surface area contributed by atoms with E-state index in [0.29, 0.717) is 6.42 Å². The van der Waals surface area contributed by atoms with Gasteiger partial charge in [-0.1, -0.05) is 37.1 Å². The molecule has 0 unspecified atom stereocenters. The van der Waals surface area contributed by atoms with Crippen molar-refractivity contribution >= 4 is 5.97 Å². The van der Waals surface area contributed by atoms with E-state index in [1.807, 2.05) is 13.0 Å². The first kappa shape index (κ1) is 13.9. The summed E-state index contributed by atoms with van der Waals surface area (Å²) in [5.74, 6) is -0.103. The van der Waals surface area contributed by atoms with Crippen LogP contribution < -0.4 is 0 Å². The van der Waals surface area contributed by atoms with Gasteiger partial charge in [-0.05, 0) is 26.2 Å². The van der Waals surface area contributed by atoms with E-state index < -0.39 is 0 Å². The molecule has 0 rings (SSSR count). The van der Waals surface area contributed by atoms with E-state index in [2.05, 4.69) is 17.4 Å². The van der Waals surface area contributed by atoms with Gasteiger partial charge in [0.25, 0.3) is 0 Å². The van der Waals surface area contributed by atoms with Gasteiger partial charge in [0.1, 0.15) is 0 Å². The van der Waals surface area contributed by atoms with Crippen LogP contribution in [0.5, 0.6) is 0 Å². The molecule has 0 amide bonds. The van der Waals surface area contributed by atoms with Crippen molar-refractivity contribution in [2.75, 3.05) is 7.11 Å². The smallest absolute Gasteiger partial charge is 0.305 e. The minimum atomic E-state index is -0.103. The topological polar surface area (TPSA) is 26.3 Å². The van der Waals surface area contributed by atoms with Crippen molar-refractivity contribution in [2.24, 2.45) is 0 Å². The van der Waals surface area contributed by atoms with Gasteiger partial charge in [-0.2, -0.15) is 0 Å². The Morgan fingerprint density at radius 3 is 2.33 bits per heavy atom. The predicted molar refractivity (Wildman–Crippen MR) is 63.7 cm³/mol. The molecular formula is C13H22O2. The predicted octanol–water partition coefficient (Wildman–Crippen LogP) is 3.63. The average Bonchev–Trinajstić information content (AvgIpc) is 2.23. The normalized spacial score (nSPS) is 10.5. The van der Waals surface area contributed by atoms with Crippen LogP contribution in [-0.2, 0) is 9.53 Å². The van der Waals surface area contributed by atoms with Crippen molar-refractivity contribution in [3.05, 3.63) is 24.3 Å². The molecule has 0 aromatic heterocycles. The quantitative estimate of drug-likeness (QED) is 0.347. The summed E-state index contributed by atoms with van der Waals surface area (Å²) in [5, 5.41) is 0. The number of rotatable bonds is 8. The van der Waals surface area contributed by atoms with Crippen LogP contribution in [0.1, 0.15) is 45.4 Å². The van der Waals surface area contributed by atoms with Crippen molar-refractivity contribution in [2.45, 2.75) is 45.4 Å². The largest absolute Gasteiger partial charge is 0.469 e. The van der Waals surface area contributed by atoms with Gasteiger partial charge in [0, 0.05) is 6.42 Å². The van der Waals surface area contributed by atoms with E-state index in [-0.39, 0.29) is 5.97 Å². The van der Waals surface area contributed by atoms with Crippen molar-refractivity contribution in [3.8, 4) is 0 Å². The summed E-state index contributed by atoms with van der Waals surface area (Å²) in [5.41, 5.74) is 1.19. The highest BCUT2D eigenvalue weighted by Gasteiger charge is 1.98. The summed E-state index contributed by atoms with van der Waals surface area (Å²) < 4.78 is 4.56. The number of carbonyl (C=O) groups is 1. The molecular weight excluding hydrogens is 188 g/mol. The van der Waals surface area contributed by atoms with Crippen LogP contribution >= 0.6 is 0 Å². The van der Waals surface area contributed by atoms with Gasteiger partial charge in [-0.3, -0.25) is 4.79 Å². The number of methoxy groups -OCH3 is 1. The molecule has 86 valence electrons. The number of carbonyl (C=O) groups excluding carboxylic acids is 1. The van der Waals surface area contributed by atoms with E-state index in [4.69, 9.17) is 0 Å². The van der Waals surface area contributed by atoms with E-state index in [9.17, 15) is 4.79 Å². The van der Waals surface area contributed by atoms with Gasteiger partial charge in [0.05, 0.1) is 7.11 Å². The highest BCUT2D eigenvalue weighted by molar-refractivity contribution is 5.68. The molecule has 2 heteroatoms. The molecule has 0 heterocycles. The van der Waals surface area contributed by atoms with Crippen LogP contribution in [0.15, 0.2) is 24.3 Å². The molecule has 0 N–H and O–H groups in total. The Morgan fingerprint density at radius 2 is 1.80 bits per heavy atom. The summed E-state index contributed by atoms with van der Waals surface area (Å²) >= 11 is 0. The van der Waals surface area contributed by atoms with E-state index >= 15 is 0 Å². The molecule has 0 aliphatic heterocycles. The van der Waals surface area contributed by atoms with Crippen LogP contribution in [0, 0.1) is 0 Å². The molecule has 0 spiro atoms. The lowest BCUT2D eigenvalue weighted by Gasteiger charge is -2.01. The Kier molecular flexibility index (Phi) is 8.84. The molecule has 0 bridgehead atoms. The highest BCUT2D eigenvalue weighted by atomic mass is 16.5. The maximum Gasteiger partial charge on any atom is 0.305 e. The van der Waals surface area contributed by atoms with Crippen LogP contribution in [-0.4, -0.2) is 13.1 Å². The monoisotopic (exact) mass is 210 g/mol. The van der Waals surface area contributed by atoms with Crippen LogP contribution in [0.4, 0.5) is 0 Å². The van der Waals surface area contributed by atoms with Crippen molar-refractivity contribution in [1.29, 1.82) is 0 Å². The number of hydrogen-bond acceptors (Lipinski definition) is 2.